The van der Waals surface area contributed by atoms with Crippen molar-refractivity contribution in [3.8, 4) is 0 Å². The Hall–Kier alpha value is -0.990. The van der Waals surface area contributed by atoms with Crippen LogP contribution in [0.4, 0.5) is 0 Å². The number of aliphatic hydroxyl groups is 1. The number of aliphatic hydroxyl groups excluding tert-OH is 1. The van der Waals surface area contributed by atoms with Crippen molar-refractivity contribution in [2.45, 2.75) is 40.0 Å². The normalized spacial score (nSPS) is 22.8. The highest BCUT2D eigenvalue weighted by Crippen LogP contribution is 2.39. The van der Waals surface area contributed by atoms with Crippen LogP contribution in [0.5, 0.6) is 0 Å². The fraction of sp³-hybridized carbons (Fsp3) is 0.750. The highest BCUT2D eigenvalue weighted by molar-refractivity contribution is 5.89. The van der Waals surface area contributed by atoms with Crippen molar-refractivity contribution < 1.29 is 14.6 Å². The van der Waals surface area contributed by atoms with Gasteiger partial charge in [0.2, 0.25) is 0 Å². The van der Waals surface area contributed by atoms with Crippen LogP contribution in [0.2, 0.25) is 0 Å². The molecule has 1 N–H and O–H groups in total. The van der Waals surface area contributed by atoms with Crippen molar-refractivity contribution >= 4 is 5.97 Å². The van der Waals surface area contributed by atoms with Gasteiger partial charge in [0.05, 0.1) is 12.7 Å². The molecule has 0 aromatic carbocycles. The van der Waals surface area contributed by atoms with E-state index in [4.69, 9.17) is 0 Å². The van der Waals surface area contributed by atoms with E-state index >= 15 is 0 Å². The summed E-state index contributed by atoms with van der Waals surface area (Å²) in [5.41, 5.74) is 0.628. The Labute approximate surface area is 91.1 Å². The van der Waals surface area contributed by atoms with Gasteiger partial charge in [0, 0.05) is 6.42 Å². The zero-order valence-corrected chi connectivity index (χ0v) is 9.96. The summed E-state index contributed by atoms with van der Waals surface area (Å²) < 4.78 is 4.66. The minimum atomic E-state index is -0.388. The molecule has 0 spiro atoms. The second kappa shape index (κ2) is 4.25. The molecule has 0 fully saturated rings. The smallest absolute Gasteiger partial charge is 0.337 e. The van der Waals surface area contributed by atoms with Crippen molar-refractivity contribution in [1.82, 2.24) is 0 Å². The summed E-state index contributed by atoms with van der Waals surface area (Å²) in [6.07, 6.45) is 2.16. The van der Waals surface area contributed by atoms with E-state index in [9.17, 15) is 9.90 Å². The largest absolute Gasteiger partial charge is 0.512 e. The SMILES string of the molecule is COC(=O)C1=C(O)CCC(C(C)(C)C)C1. The molecule has 86 valence electrons. The molecule has 3 nitrogen and oxygen atoms in total. The van der Waals surface area contributed by atoms with Crippen molar-refractivity contribution in [2.75, 3.05) is 7.11 Å². The zero-order chi connectivity index (χ0) is 11.6. The maximum absolute atomic E-state index is 11.4. The van der Waals surface area contributed by atoms with Crippen LogP contribution < -0.4 is 0 Å². The van der Waals surface area contributed by atoms with Crippen LogP contribution in [-0.4, -0.2) is 18.2 Å². The van der Waals surface area contributed by atoms with Crippen LogP contribution in [0.15, 0.2) is 11.3 Å². The van der Waals surface area contributed by atoms with Crippen molar-refractivity contribution in [1.29, 1.82) is 0 Å². The van der Waals surface area contributed by atoms with E-state index in [1.807, 2.05) is 0 Å². The van der Waals surface area contributed by atoms with Crippen LogP contribution in [0.25, 0.3) is 0 Å². The molecule has 3 heteroatoms. The third kappa shape index (κ3) is 2.74. The number of carbonyl (C=O) groups is 1. The van der Waals surface area contributed by atoms with E-state index in [0.29, 0.717) is 24.3 Å². The number of hydrogen-bond acceptors (Lipinski definition) is 3. The number of carbonyl (C=O) groups excluding carboxylic acids is 1. The molecule has 1 rings (SSSR count). The maximum Gasteiger partial charge on any atom is 0.337 e. The predicted octanol–water partition coefficient (Wildman–Crippen LogP) is 2.82. The minimum Gasteiger partial charge on any atom is -0.512 e. The van der Waals surface area contributed by atoms with Gasteiger partial charge in [-0.25, -0.2) is 4.79 Å². The Balaban J connectivity index is 2.83. The Morgan fingerprint density at radius 1 is 1.47 bits per heavy atom. The molecule has 1 aliphatic rings. The van der Waals surface area contributed by atoms with Gasteiger partial charge < -0.3 is 9.84 Å². The van der Waals surface area contributed by atoms with E-state index in [-0.39, 0.29) is 17.1 Å². The Morgan fingerprint density at radius 3 is 2.53 bits per heavy atom. The molecule has 0 aromatic heterocycles. The van der Waals surface area contributed by atoms with E-state index < -0.39 is 0 Å². The van der Waals surface area contributed by atoms with Crippen LogP contribution in [0, 0.1) is 11.3 Å². The second-order valence-corrected chi connectivity index (χ2v) is 5.22. The average molecular weight is 212 g/mol. The molecule has 1 unspecified atom stereocenters. The first-order chi connectivity index (χ1) is 6.86. The number of methoxy groups -OCH3 is 1. The molecular weight excluding hydrogens is 192 g/mol. The highest BCUT2D eigenvalue weighted by Gasteiger charge is 2.32. The van der Waals surface area contributed by atoms with Crippen LogP contribution in [-0.2, 0) is 9.53 Å². The number of allylic oxidation sites excluding steroid dienone is 1. The quantitative estimate of drug-likeness (QED) is 0.680. The number of ether oxygens (including phenoxy) is 1. The fourth-order valence-electron chi connectivity index (χ4n) is 1.99. The molecule has 0 saturated heterocycles. The first-order valence-electron chi connectivity index (χ1n) is 5.35. The lowest BCUT2D eigenvalue weighted by molar-refractivity contribution is -0.136. The average Bonchev–Trinajstić information content (AvgIpc) is 2.15. The zero-order valence-electron chi connectivity index (χ0n) is 9.96. The number of esters is 1. The molecule has 0 saturated carbocycles. The van der Waals surface area contributed by atoms with Crippen LogP contribution in [0.3, 0.4) is 0 Å². The maximum atomic E-state index is 11.4. The summed E-state index contributed by atoms with van der Waals surface area (Å²) in [4.78, 5) is 11.4. The minimum absolute atomic E-state index is 0.167. The lowest BCUT2D eigenvalue weighted by Crippen LogP contribution is -2.26. The molecule has 1 atom stereocenters. The second-order valence-electron chi connectivity index (χ2n) is 5.22. The Kier molecular flexibility index (Phi) is 3.42. The number of rotatable bonds is 1. The topological polar surface area (TPSA) is 46.5 Å². The summed E-state index contributed by atoms with van der Waals surface area (Å²) in [5.74, 6) is 0.256. The third-order valence-electron chi connectivity index (χ3n) is 3.19. The Morgan fingerprint density at radius 2 is 2.07 bits per heavy atom. The van der Waals surface area contributed by atoms with Crippen molar-refractivity contribution in [3.05, 3.63) is 11.3 Å². The van der Waals surface area contributed by atoms with Crippen LogP contribution in [0.1, 0.15) is 40.0 Å². The van der Waals surface area contributed by atoms with E-state index in [2.05, 4.69) is 25.5 Å². The summed E-state index contributed by atoms with van der Waals surface area (Å²) in [6, 6.07) is 0. The molecule has 0 bridgehead atoms. The molecule has 15 heavy (non-hydrogen) atoms. The van der Waals surface area contributed by atoms with Gasteiger partial charge in [-0.05, 0) is 24.2 Å². The molecule has 0 aliphatic heterocycles. The summed E-state index contributed by atoms with van der Waals surface area (Å²) in [5, 5.41) is 9.63. The van der Waals surface area contributed by atoms with Crippen molar-refractivity contribution in [3.63, 3.8) is 0 Å². The molecule has 0 amide bonds. The van der Waals surface area contributed by atoms with Gasteiger partial charge in [0.25, 0.3) is 0 Å². The molecule has 0 radical (unpaired) electrons. The van der Waals surface area contributed by atoms with Gasteiger partial charge in [0.1, 0.15) is 5.76 Å². The van der Waals surface area contributed by atoms with Gasteiger partial charge in [-0.1, -0.05) is 20.8 Å². The fourth-order valence-corrected chi connectivity index (χ4v) is 1.99. The van der Waals surface area contributed by atoms with E-state index in [1.165, 1.54) is 7.11 Å². The summed E-state index contributed by atoms with van der Waals surface area (Å²) in [7, 11) is 1.35. The molecule has 0 heterocycles. The van der Waals surface area contributed by atoms with Crippen molar-refractivity contribution in [2.24, 2.45) is 11.3 Å². The van der Waals surface area contributed by atoms with Crippen LogP contribution >= 0.6 is 0 Å². The highest BCUT2D eigenvalue weighted by atomic mass is 16.5. The summed E-state index contributed by atoms with van der Waals surface area (Å²) in [6.45, 7) is 6.48. The monoisotopic (exact) mass is 212 g/mol. The Bertz CT molecular complexity index is 284. The first kappa shape index (κ1) is 12.1. The lowest BCUT2D eigenvalue weighted by Gasteiger charge is -2.34. The van der Waals surface area contributed by atoms with Gasteiger partial charge in [-0.15, -0.1) is 0 Å². The number of hydrogen-bond donors (Lipinski definition) is 1. The van der Waals surface area contributed by atoms with Gasteiger partial charge in [-0.3, -0.25) is 0 Å². The summed E-state index contributed by atoms with van der Waals surface area (Å²) >= 11 is 0. The van der Waals surface area contributed by atoms with Gasteiger partial charge in [-0.2, -0.15) is 0 Å². The molecule has 1 aliphatic carbocycles. The molecule has 0 aromatic rings. The van der Waals surface area contributed by atoms with E-state index in [1.54, 1.807) is 0 Å². The predicted molar refractivity (Wildman–Crippen MR) is 58.5 cm³/mol. The lowest BCUT2D eigenvalue weighted by atomic mass is 9.72. The first-order valence-corrected chi connectivity index (χ1v) is 5.35. The van der Waals surface area contributed by atoms with Gasteiger partial charge in [0.15, 0.2) is 0 Å². The molecular formula is C12H20O3. The van der Waals surface area contributed by atoms with Gasteiger partial charge >= 0.3 is 5.97 Å². The standard InChI is InChI=1S/C12H20O3/c1-12(2,3)8-5-6-10(13)9(7-8)11(14)15-4/h8,13H,5-7H2,1-4H3. The third-order valence-corrected chi connectivity index (χ3v) is 3.19. The van der Waals surface area contributed by atoms with E-state index in [0.717, 1.165) is 6.42 Å².